The highest BCUT2D eigenvalue weighted by molar-refractivity contribution is 7.99. The molecule has 0 unspecified atom stereocenters. The van der Waals surface area contributed by atoms with Crippen molar-refractivity contribution in [1.29, 1.82) is 0 Å². The maximum Gasteiger partial charge on any atom is 0.321 e. The Labute approximate surface area is 150 Å². The third kappa shape index (κ3) is 3.80. The van der Waals surface area contributed by atoms with E-state index in [2.05, 4.69) is 26.2 Å². The van der Waals surface area contributed by atoms with E-state index in [0.717, 1.165) is 24.7 Å². The molecule has 4 atom stereocenters. The maximum atomic E-state index is 12.1. The molecule has 2 bridgehead atoms. The van der Waals surface area contributed by atoms with Gasteiger partial charge in [0.25, 0.3) is 0 Å². The van der Waals surface area contributed by atoms with E-state index < -0.39 is 6.03 Å². The quantitative estimate of drug-likeness (QED) is 0.746. The lowest BCUT2D eigenvalue weighted by Crippen LogP contribution is -2.47. The van der Waals surface area contributed by atoms with Gasteiger partial charge in [0.1, 0.15) is 0 Å². The predicted molar refractivity (Wildman–Crippen MR) is 91.9 cm³/mol. The van der Waals surface area contributed by atoms with Crippen molar-refractivity contribution in [3.8, 4) is 0 Å². The lowest BCUT2D eigenvalue weighted by molar-refractivity contribution is -0.117. The van der Waals surface area contributed by atoms with Gasteiger partial charge in [0.2, 0.25) is 11.1 Å². The summed E-state index contributed by atoms with van der Waals surface area (Å²) >= 11 is 1.26. The van der Waals surface area contributed by atoms with Crippen LogP contribution in [0, 0.1) is 17.8 Å². The number of hydrogen-bond acceptors (Lipinski definition) is 6. The van der Waals surface area contributed by atoms with Crippen LogP contribution in [-0.4, -0.2) is 43.9 Å². The second-order valence-corrected chi connectivity index (χ2v) is 8.52. The van der Waals surface area contributed by atoms with E-state index >= 15 is 0 Å². The van der Waals surface area contributed by atoms with Crippen LogP contribution in [-0.2, 0) is 4.79 Å². The molecule has 0 spiro atoms. The summed E-state index contributed by atoms with van der Waals surface area (Å²) in [6.07, 6.45) is 7.30. The molecule has 1 aromatic rings. The van der Waals surface area contributed by atoms with Crippen LogP contribution >= 0.6 is 11.8 Å². The smallest absolute Gasteiger partial charge is 0.321 e. The van der Waals surface area contributed by atoms with Crippen molar-refractivity contribution in [2.75, 3.05) is 5.75 Å². The zero-order chi connectivity index (χ0) is 17.4. The summed E-state index contributed by atoms with van der Waals surface area (Å²) in [5, 5.41) is 17.5. The van der Waals surface area contributed by atoms with Crippen molar-refractivity contribution in [1.82, 2.24) is 30.8 Å². The van der Waals surface area contributed by atoms with E-state index in [4.69, 9.17) is 0 Å². The standard InChI is InChI=1S/C16H24N6O2S/c1-9(13-7-10-2-3-11(13)6-10)17-15(24)18-14(23)8-25-16-19-20-21-22(16)12-4-5-12/h9-13H,2-8H2,1H3,(H2,17,18,23,24)/t9-,10+,11+,13-/m1/s1. The van der Waals surface area contributed by atoms with Crippen molar-refractivity contribution >= 4 is 23.7 Å². The fraction of sp³-hybridized carbons (Fsp3) is 0.812. The second-order valence-electron chi connectivity index (χ2n) is 7.57. The van der Waals surface area contributed by atoms with Crippen LogP contribution in [0.1, 0.15) is 51.5 Å². The van der Waals surface area contributed by atoms with Gasteiger partial charge in [0.05, 0.1) is 11.8 Å². The molecule has 3 amide bonds. The van der Waals surface area contributed by atoms with Gasteiger partial charge in [-0.1, -0.05) is 18.2 Å². The van der Waals surface area contributed by atoms with E-state index in [1.54, 1.807) is 4.68 Å². The van der Waals surface area contributed by atoms with E-state index in [0.29, 0.717) is 17.1 Å². The number of rotatable bonds is 6. The monoisotopic (exact) mass is 364 g/mol. The molecule has 3 saturated carbocycles. The number of fused-ring (bicyclic) bond motifs is 2. The van der Waals surface area contributed by atoms with Gasteiger partial charge in [-0.05, 0) is 67.2 Å². The molecule has 3 aliphatic carbocycles. The number of hydrogen-bond donors (Lipinski definition) is 2. The topological polar surface area (TPSA) is 102 Å². The summed E-state index contributed by atoms with van der Waals surface area (Å²) < 4.78 is 1.76. The SMILES string of the molecule is C[C@@H](NC(=O)NC(=O)CSc1nnnn1C1CC1)[C@H]1C[C@H]2CC[C@H]1C2. The predicted octanol–water partition coefficient (Wildman–Crippen LogP) is 1.75. The van der Waals surface area contributed by atoms with Crippen LogP contribution < -0.4 is 10.6 Å². The molecule has 9 heteroatoms. The number of amides is 3. The molecule has 1 aromatic heterocycles. The minimum absolute atomic E-state index is 0.109. The number of imide groups is 1. The molecule has 0 aliphatic heterocycles. The summed E-state index contributed by atoms with van der Waals surface area (Å²) in [7, 11) is 0. The van der Waals surface area contributed by atoms with Crippen molar-refractivity contribution in [2.45, 2.75) is 62.7 Å². The van der Waals surface area contributed by atoms with Gasteiger partial charge in [-0.15, -0.1) is 5.10 Å². The number of thioether (sulfide) groups is 1. The number of aromatic nitrogens is 4. The molecule has 3 fully saturated rings. The number of carbonyl (C=O) groups is 2. The zero-order valence-corrected chi connectivity index (χ0v) is 15.2. The van der Waals surface area contributed by atoms with E-state index in [1.807, 2.05) is 6.92 Å². The van der Waals surface area contributed by atoms with E-state index in [9.17, 15) is 9.59 Å². The van der Waals surface area contributed by atoms with Crippen LogP contribution in [0.15, 0.2) is 5.16 Å². The Morgan fingerprint density at radius 3 is 2.80 bits per heavy atom. The van der Waals surface area contributed by atoms with Crippen LogP contribution in [0.3, 0.4) is 0 Å². The molecule has 1 heterocycles. The Balaban J connectivity index is 1.21. The van der Waals surface area contributed by atoms with Crippen LogP contribution in [0.25, 0.3) is 0 Å². The highest BCUT2D eigenvalue weighted by Gasteiger charge is 2.42. The number of nitrogens with one attached hydrogen (secondary N) is 2. The Hall–Kier alpha value is -1.64. The first kappa shape index (κ1) is 16.8. The van der Waals surface area contributed by atoms with Gasteiger partial charge in [-0.2, -0.15) is 0 Å². The third-order valence-corrected chi connectivity index (χ3v) is 6.67. The fourth-order valence-corrected chi connectivity index (χ4v) is 5.12. The Bertz CT molecular complexity index is 661. The fourth-order valence-electron chi connectivity index (χ4n) is 4.38. The molecule has 8 nitrogen and oxygen atoms in total. The summed E-state index contributed by atoms with van der Waals surface area (Å²) in [5.41, 5.74) is 0. The molecule has 25 heavy (non-hydrogen) atoms. The van der Waals surface area contributed by atoms with Crippen molar-refractivity contribution in [2.24, 2.45) is 17.8 Å². The zero-order valence-electron chi connectivity index (χ0n) is 14.4. The van der Waals surface area contributed by atoms with Crippen LogP contribution in [0.2, 0.25) is 0 Å². The van der Waals surface area contributed by atoms with E-state index in [-0.39, 0.29) is 17.7 Å². The van der Waals surface area contributed by atoms with Gasteiger partial charge in [0.15, 0.2) is 0 Å². The molecule has 3 aliphatic rings. The minimum atomic E-state index is -0.400. The third-order valence-electron chi connectivity index (χ3n) is 5.73. The number of carbonyl (C=O) groups excluding carboxylic acids is 2. The van der Waals surface area contributed by atoms with Crippen LogP contribution in [0.4, 0.5) is 4.79 Å². The van der Waals surface area contributed by atoms with Crippen molar-refractivity contribution in [3.63, 3.8) is 0 Å². The summed E-state index contributed by atoms with van der Waals surface area (Å²) in [6, 6.07) is 0.0760. The number of tetrazole rings is 1. The Morgan fingerprint density at radius 2 is 2.12 bits per heavy atom. The second kappa shape index (κ2) is 6.93. The normalized spacial score (nSPS) is 28.8. The van der Waals surface area contributed by atoms with Gasteiger partial charge in [0, 0.05) is 6.04 Å². The number of nitrogens with zero attached hydrogens (tertiary/aromatic N) is 4. The Morgan fingerprint density at radius 1 is 1.28 bits per heavy atom. The van der Waals surface area contributed by atoms with Gasteiger partial charge in [-0.25, -0.2) is 9.48 Å². The van der Waals surface area contributed by atoms with Gasteiger partial charge >= 0.3 is 6.03 Å². The van der Waals surface area contributed by atoms with Crippen LogP contribution in [0.5, 0.6) is 0 Å². The largest absolute Gasteiger partial charge is 0.335 e. The first-order chi connectivity index (χ1) is 12.1. The minimum Gasteiger partial charge on any atom is -0.335 e. The average Bonchev–Trinajstić information content (AvgIpc) is 3.00. The molecule has 0 saturated heterocycles. The molecule has 0 radical (unpaired) electrons. The number of urea groups is 1. The molecular weight excluding hydrogens is 340 g/mol. The molecule has 136 valence electrons. The average molecular weight is 364 g/mol. The molecule has 2 N–H and O–H groups in total. The highest BCUT2D eigenvalue weighted by atomic mass is 32.2. The first-order valence-electron chi connectivity index (χ1n) is 9.11. The van der Waals surface area contributed by atoms with Gasteiger partial charge < -0.3 is 5.32 Å². The Kier molecular flexibility index (Phi) is 4.66. The lowest BCUT2D eigenvalue weighted by Gasteiger charge is -2.28. The maximum absolute atomic E-state index is 12.1. The van der Waals surface area contributed by atoms with Gasteiger partial charge in [-0.3, -0.25) is 10.1 Å². The molecular formula is C16H24N6O2S. The van der Waals surface area contributed by atoms with Crippen molar-refractivity contribution < 1.29 is 9.59 Å². The summed E-state index contributed by atoms with van der Waals surface area (Å²) in [4.78, 5) is 24.1. The molecule has 4 rings (SSSR count). The van der Waals surface area contributed by atoms with Crippen molar-refractivity contribution in [3.05, 3.63) is 0 Å². The summed E-state index contributed by atoms with van der Waals surface area (Å²) in [5.74, 6) is 1.94. The summed E-state index contributed by atoms with van der Waals surface area (Å²) in [6.45, 7) is 2.05. The van der Waals surface area contributed by atoms with E-state index in [1.165, 1.54) is 37.4 Å². The molecule has 0 aromatic carbocycles. The highest BCUT2D eigenvalue weighted by Crippen LogP contribution is 2.49. The first-order valence-corrected chi connectivity index (χ1v) is 10.1. The lowest BCUT2D eigenvalue weighted by atomic mass is 9.84.